The van der Waals surface area contributed by atoms with Gasteiger partial charge in [-0.05, 0) is 39.9 Å². The topological polar surface area (TPSA) is 28.4 Å². The maximum Gasteiger partial charge on any atom is 0.118 e. The van der Waals surface area contributed by atoms with Crippen LogP contribution in [0.4, 0.5) is 0 Å². The van der Waals surface area contributed by atoms with Crippen LogP contribution in [0.15, 0.2) is 22.6 Å². The van der Waals surface area contributed by atoms with E-state index in [1.165, 1.54) is 11.1 Å². The van der Waals surface area contributed by atoms with Gasteiger partial charge < -0.3 is 9.73 Å². The minimum atomic E-state index is 0.835. The summed E-state index contributed by atoms with van der Waals surface area (Å²) in [5, 5.41) is 3.40. The van der Waals surface area contributed by atoms with Gasteiger partial charge in [0.2, 0.25) is 0 Å². The second kappa shape index (κ2) is 7.39. The zero-order valence-electron chi connectivity index (χ0n) is 12.2. The van der Waals surface area contributed by atoms with Crippen LogP contribution in [0.25, 0.3) is 0 Å². The minimum Gasteiger partial charge on any atom is -0.465 e. The minimum absolute atomic E-state index is 0.835. The van der Waals surface area contributed by atoms with Crippen LogP contribution >= 0.6 is 0 Å². The third-order valence-electron chi connectivity index (χ3n) is 2.78. The van der Waals surface area contributed by atoms with Gasteiger partial charge in [0.25, 0.3) is 0 Å². The first kappa shape index (κ1) is 15.0. The van der Waals surface area contributed by atoms with Crippen LogP contribution in [0.2, 0.25) is 0 Å². The van der Waals surface area contributed by atoms with Crippen molar-refractivity contribution in [3.05, 3.63) is 35.3 Å². The number of hydrogen-bond acceptors (Lipinski definition) is 3. The summed E-state index contributed by atoms with van der Waals surface area (Å²) in [6, 6.07) is 2.16. The van der Waals surface area contributed by atoms with Gasteiger partial charge in [-0.1, -0.05) is 19.1 Å². The Hall–Kier alpha value is -1.06. The molecule has 1 N–H and O–H groups in total. The summed E-state index contributed by atoms with van der Waals surface area (Å²) < 4.78 is 5.79. The average Bonchev–Trinajstić information content (AvgIpc) is 2.58. The van der Waals surface area contributed by atoms with Crippen molar-refractivity contribution in [3.63, 3.8) is 0 Å². The first-order chi connectivity index (χ1) is 8.52. The zero-order chi connectivity index (χ0) is 13.5. The zero-order valence-corrected chi connectivity index (χ0v) is 12.2. The Kier molecular flexibility index (Phi) is 6.16. The molecule has 0 radical (unpaired) electrons. The fourth-order valence-corrected chi connectivity index (χ4v) is 2.02. The van der Waals surface area contributed by atoms with Gasteiger partial charge in [-0.25, -0.2) is 0 Å². The summed E-state index contributed by atoms with van der Waals surface area (Å²) in [5.74, 6) is 2.06. The molecular weight excluding hydrogens is 224 g/mol. The Morgan fingerprint density at radius 2 is 2.22 bits per heavy atom. The number of nitrogens with zero attached hydrogens (tertiary/aromatic N) is 1. The van der Waals surface area contributed by atoms with Crippen LogP contribution in [0.1, 0.15) is 37.4 Å². The van der Waals surface area contributed by atoms with Gasteiger partial charge in [0.1, 0.15) is 11.5 Å². The summed E-state index contributed by atoms with van der Waals surface area (Å²) in [6.45, 7) is 13.9. The molecule has 102 valence electrons. The molecule has 0 saturated carbocycles. The monoisotopic (exact) mass is 250 g/mol. The molecule has 0 amide bonds. The molecule has 1 heterocycles. The number of nitrogens with one attached hydrogen (secondary N) is 1. The molecule has 0 fully saturated rings. The Balaban J connectivity index is 2.52. The van der Waals surface area contributed by atoms with Crippen molar-refractivity contribution in [2.45, 2.75) is 40.3 Å². The van der Waals surface area contributed by atoms with Gasteiger partial charge in [-0.15, -0.1) is 0 Å². The highest BCUT2D eigenvalue weighted by Crippen LogP contribution is 2.16. The lowest BCUT2D eigenvalue weighted by Crippen LogP contribution is -2.19. The van der Waals surface area contributed by atoms with Crippen molar-refractivity contribution in [2.75, 3.05) is 20.1 Å². The fourth-order valence-electron chi connectivity index (χ4n) is 2.02. The van der Waals surface area contributed by atoms with E-state index in [2.05, 4.69) is 36.8 Å². The van der Waals surface area contributed by atoms with E-state index in [1.807, 2.05) is 13.8 Å². The molecule has 3 heteroatoms. The highest BCUT2D eigenvalue weighted by Gasteiger charge is 2.09. The number of furan rings is 1. The van der Waals surface area contributed by atoms with Crippen LogP contribution in [-0.2, 0) is 13.1 Å². The van der Waals surface area contributed by atoms with E-state index in [0.717, 1.165) is 44.1 Å². The fraction of sp³-hybridized carbons (Fsp3) is 0.600. The normalized spacial score (nSPS) is 11.2. The predicted molar refractivity (Wildman–Crippen MR) is 76.6 cm³/mol. The van der Waals surface area contributed by atoms with E-state index in [1.54, 1.807) is 0 Å². The number of aryl methyl sites for hydroxylation is 1. The molecule has 0 aliphatic rings. The van der Waals surface area contributed by atoms with Crippen LogP contribution < -0.4 is 5.32 Å². The Morgan fingerprint density at radius 3 is 2.83 bits per heavy atom. The molecule has 0 bridgehead atoms. The van der Waals surface area contributed by atoms with E-state index in [-0.39, 0.29) is 0 Å². The molecule has 3 nitrogen and oxygen atoms in total. The van der Waals surface area contributed by atoms with Crippen LogP contribution in [-0.4, -0.2) is 25.0 Å². The Labute approximate surface area is 111 Å². The summed E-state index contributed by atoms with van der Waals surface area (Å²) >= 11 is 0. The summed E-state index contributed by atoms with van der Waals surface area (Å²) in [7, 11) is 2.08. The largest absolute Gasteiger partial charge is 0.465 e. The summed E-state index contributed by atoms with van der Waals surface area (Å²) in [6.07, 6.45) is 1.16. The van der Waals surface area contributed by atoms with Crippen molar-refractivity contribution >= 4 is 0 Å². The molecule has 0 aromatic carbocycles. The van der Waals surface area contributed by atoms with E-state index in [0.29, 0.717) is 0 Å². The molecule has 0 saturated heterocycles. The molecular formula is C15H26N2O. The molecule has 1 rings (SSSR count). The van der Waals surface area contributed by atoms with Gasteiger partial charge in [-0.2, -0.15) is 0 Å². The maximum absolute atomic E-state index is 5.79. The number of likely N-dealkylation sites (N-methyl/N-ethyl adjacent to an activating group) is 1. The predicted octanol–water partition coefficient (Wildman–Crippen LogP) is 3.10. The van der Waals surface area contributed by atoms with Crippen molar-refractivity contribution in [1.29, 1.82) is 0 Å². The molecule has 0 atom stereocenters. The quantitative estimate of drug-likeness (QED) is 0.567. The standard InChI is InChI=1S/C15H26N2O/c1-6-7-16-9-14-8-15(18-13(14)4)11-17(5)10-12(2)3/h8,16H,2,6-7,9-11H2,1,3-5H3. The number of hydrogen-bond donors (Lipinski definition) is 1. The molecule has 0 aliphatic carbocycles. The van der Waals surface area contributed by atoms with E-state index < -0.39 is 0 Å². The van der Waals surface area contributed by atoms with E-state index in [4.69, 9.17) is 4.42 Å². The third-order valence-corrected chi connectivity index (χ3v) is 2.78. The van der Waals surface area contributed by atoms with Crippen LogP contribution in [0.5, 0.6) is 0 Å². The van der Waals surface area contributed by atoms with Crippen molar-refractivity contribution < 1.29 is 4.42 Å². The van der Waals surface area contributed by atoms with Gasteiger partial charge in [-0.3, -0.25) is 4.90 Å². The Bertz CT molecular complexity index is 382. The molecule has 0 aliphatic heterocycles. The van der Waals surface area contributed by atoms with E-state index in [9.17, 15) is 0 Å². The lowest BCUT2D eigenvalue weighted by Gasteiger charge is -2.14. The van der Waals surface area contributed by atoms with Gasteiger partial charge in [0.15, 0.2) is 0 Å². The first-order valence-electron chi connectivity index (χ1n) is 6.64. The van der Waals surface area contributed by atoms with Crippen molar-refractivity contribution in [2.24, 2.45) is 0 Å². The summed E-state index contributed by atoms with van der Waals surface area (Å²) in [5.41, 5.74) is 2.44. The molecule has 18 heavy (non-hydrogen) atoms. The second-order valence-corrected chi connectivity index (χ2v) is 5.10. The molecule has 1 aromatic heterocycles. The van der Waals surface area contributed by atoms with Gasteiger partial charge in [0.05, 0.1) is 6.54 Å². The number of rotatable bonds is 8. The maximum atomic E-state index is 5.79. The van der Waals surface area contributed by atoms with Crippen molar-refractivity contribution in [3.8, 4) is 0 Å². The SMILES string of the molecule is C=C(C)CN(C)Cc1cc(CNCCC)c(C)o1. The summed E-state index contributed by atoms with van der Waals surface area (Å²) in [4.78, 5) is 2.21. The lowest BCUT2D eigenvalue weighted by molar-refractivity contribution is 0.313. The lowest BCUT2D eigenvalue weighted by atomic mass is 10.2. The van der Waals surface area contributed by atoms with Crippen LogP contribution in [0, 0.1) is 6.92 Å². The third kappa shape index (κ3) is 5.07. The molecule has 0 unspecified atom stereocenters. The first-order valence-corrected chi connectivity index (χ1v) is 6.64. The average molecular weight is 250 g/mol. The van der Waals surface area contributed by atoms with E-state index >= 15 is 0 Å². The van der Waals surface area contributed by atoms with Crippen LogP contribution in [0.3, 0.4) is 0 Å². The molecule has 1 aromatic rings. The van der Waals surface area contributed by atoms with Crippen molar-refractivity contribution in [1.82, 2.24) is 10.2 Å². The highest BCUT2D eigenvalue weighted by atomic mass is 16.3. The van der Waals surface area contributed by atoms with Gasteiger partial charge in [0, 0.05) is 18.7 Å². The Morgan fingerprint density at radius 1 is 1.50 bits per heavy atom. The smallest absolute Gasteiger partial charge is 0.118 e. The second-order valence-electron chi connectivity index (χ2n) is 5.10. The van der Waals surface area contributed by atoms with Gasteiger partial charge >= 0.3 is 0 Å². The molecule has 0 spiro atoms. The highest BCUT2D eigenvalue weighted by molar-refractivity contribution is 5.20.